The maximum atomic E-state index is 11.2. The van der Waals surface area contributed by atoms with Crippen LogP contribution < -0.4 is 5.32 Å². The number of nitrogens with one attached hydrogen (secondary N) is 1. The van der Waals surface area contributed by atoms with Crippen molar-refractivity contribution >= 4 is 39.1 Å². The molecule has 70 valence electrons. The molecule has 0 spiro atoms. The van der Waals surface area contributed by atoms with Crippen LogP contribution in [0.2, 0.25) is 0 Å². The Morgan fingerprint density at radius 2 is 2.31 bits per heavy atom. The highest BCUT2D eigenvalue weighted by Crippen LogP contribution is 2.16. The first-order valence-electron chi connectivity index (χ1n) is 3.80. The van der Waals surface area contributed by atoms with Crippen LogP contribution in [0.25, 0.3) is 0 Å². The van der Waals surface area contributed by atoms with Crippen molar-refractivity contribution in [1.29, 1.82) is 0 Å². The number of hydrogen-bond donors (Lipinski definition) is 1. The smallest absolute Gasteiger partial charge is 0.242 e. The summed E-state index contributed by atoms with van der Waals surface area (Å²) in [6, 6.07) is 7.36. The summed E-state index contributed by atoms with van der Waals surface area (Å²) in [5.41, 5.74) is 0.742. The standard InChI is InChI=1S/C9H9BrClNO/c1-6(11)9(13)12-8-4-2-3-7(10)5-8/h2-6H,1H3,(H,12,13)/t6-/m0/s1. The molecule has 0 bridgehead atoms. The number of carbonyl (C=O) groups is 1. The summed E-state index contributed by atoms with van der Waals surface area (Å²) in [7, 11) is 0. The molecule has 1 atom stereocenters. The monoisotopic (exact) mass is 261 g/mol. The molecule has 1 amide bonds. The van der Waals surface area contributed by atoms with E-state index in [-0.39, 0.29) is 5.91 Å². The predicted octanol–water partition coefficient (Wildman–Crippen LogP) is 3.01. The van der Waals surface area contributed by atoms with Gasteiger partial charge in [-0.3, -0.25) is 4.79 Å². The molecule has 0 aliphatic rings. The van der Waals surface area contributed by atoms with Crippen molar-refractivity contribution in [3.8, 4) is 0 Å². The summed E-state index contributed by atoms with van der Waals surface area (Å²) >= 11 is 8.90. The second-order valence-electron chi connectivity index (χ2n) is 2.62. The van der Waals surface area contributed by atoms with Gasteiger partial charge in [-0.05, 0) is 25.1 Å². The molecule has 13 heavy (non-hydrogen) atoms. The van der Waals surface area contributed by atoms with Gasteiger partial charge < -0.3 is 5.32 Å². The molecule has 0 fully saturated rings. The summed E-state index contributed by atoms with van der Waals surface area (Å²) in [6.45, 7) is 1.63. The summed E-state index contributed by atoms with van der Waals surface area (Å²) in [5, 5.41) is 2.17. The Morgan fingerprint density at radius 3 is 2.85 bits per heavy atom. The van der Waals surface area contributed by atoms with Crippen molar-refractivity contribution in [2.45, 2.75) is 12.3 Å². The van der Waals surface area contributed by atoms with Crippen LogP contribution in [0.3, 0.4) is 0 Å². The highest BCUT2D eigenvalue weighted by Gasteiger charge is 2.08. The first-order chi connectivity index (χ1) is 6.09. The second-order valence-corrected chi connectivity index (χ2v) is 4.19. The zero-order chi connectivity index (χ0) is 9.84. The molecule has 0 aliphatic carbocycles. The molecule has 0 saturated heterocycles. The lowest BCUT2D eigenvalue weighted by molar-refractivity contribution is -0.115. The molecule has 1 N–H and O–H groups in total. The van der Waals surface area contributed by atoms with Crippen LogP contribution in [-0.4, -0.2) is 11.3 Å². The molecular formula is C9H9BrClNO. The molecule has 0 heterocycles. The van der Waals surface area contributed by atoms with E-state index in [1.165, 1.54) is 0 Å². The van der Waals surface area contributed by atoms with Crippen LogP contribution in [0, 0.1) is 0 Å². The van der Waals surface area contributed by atoms with Crippen LogP contribution in [0.15, 0.2) is 28.7 Å². The number of benzene rings is 1. The Hall–Kier alpha value is -0.540. The third-order valence-corrected chi connectivity index (χ3v) is 2.14. The zero-order valence-corrected chi connectivity index (χ0v) is 9.39. The predicted molar refractivity (Wildman–Crippen MR) is 58.1 cm³/mol. The molecule has 0 radical (unpaired) electrons. The van der Waals surface area contributed by atoms with Crippen molar-refractivity contribution in [2.75, 3.05) is 5.32 Å². The van der Waals surface area contributed by atoms with E-state index >= 15 is 0 Å². The Kier molecular flexibility index (Phi) is 3.75. The SMILES string of the molecule is C[C@H](Cl)C(=O)Nc1cccc(Br)c1. The fraction of sp³-hybridized carbons (Fsp3) is 0.222. The third kappa shape index (κ3) is 3.36. The van der Waals surface area contributed by atoms with E-state index in [9.17, 15) is 4.79 Å². The largest absolute Gasteiger partial charge is 0.325 e. The van der Waals surface area contributed by atoms with Gasteiger partial charge in [0.15, 0.2) is 0 Å². The zero-order valence-electron chi connectivity index (χ0n) is 7.05. The fourth-order valence-corrected chi connectivity index (χ4v) is 1.26. The first-order valence-corrected chi connectivity index (χ1v) is 5.03. The number of amides is 1. The molecule has 0 unspecified atom stereocenters. The molecule has 0 aliphatic heterocycles. The van der Waals surface area contributed by atoms with E-state index in [2.05, 4.69) is 21.2 Å². The molecule has 1 aromatic carbocycles. The van der Waals surface area contributed by atoms with Crippen LogP contribution in [0.1, 0.15) is 6.92 Å². The van der Waals surface area contributed by atoms with Crippen LogP contribution in [0.4, 0.5) is 5.69 Å². The lowest BCUT2D eigenvalue weighted by Crippen LogP contribution is -2.20. The number of halogens is 2. The minimum atomic E-state index is -0.515. The third-order valence-electron chi connectivity index (χ3n) is 1.45. The molecule has 0 saturated carbocycles. The Morgan fingerprint density at radius 1 is 1.62 bits per heavy atom. The fourth-order valence-electron chi connectivity index (χ4n) is 0.808. The number of hydrogen-bond acceptors (Lipinski definition) is 1. The lowest BCUT2D eigenvalue weighted by Gasteiger charge is -2.06. The Bertz CT molecular complexity index is 314. The van der Waals surface area contributed by atoms with Crippen molar-refractivity contribution in [1.82, 2.24) is 0 Å². The summed E-state index contributed by atoms with van der Waals surface area (Å²) in [5.74, 6) is -0.195. The number of carbonyl (C=O) groups excluding carboxylic acids is 1. The van der Waals surface area contributed by atoms with Crippen molar-refractivity contribution < 1.29 is 4.79 Å². The molecule has 1 rings (SSSR count). The highest BCUT2D eigenvalue weighted by atomic mass is 79.9. The van der Waals surface area contributed by atoms with Gasteiger partial charge in [0.2, 0.25) is 5.91 Å². The summed E-state index contributed by atoms with van der Waals surface area (Å²) in [4.78, 5) is 11.2. The molecule has 1 aromatic rings. The van der Waals surface area contributed by atoms with Crippen molar-refractivity contribution in [3.05, 3.63) is 28.7 Å². The summed E-state index contributed by atoms with van der Waals surface area (Å²) < 4.78 is 0.924. The van der Waals surface area contributed by atoms with E-state index in [4.69, 9.17) is 11.6 Å². The number of anilines is 1. The normalized spacial score (nSPS) is 12.2. The summed E-state index contributed by atoms with van der Waals surface area (Å²) in [6.07, 6.45) is 0. The second kappa shape index (κ2) is 4.63. The van der Waals surface area contributed by atoms with E-state index in [0.29, 0.717) is 0 Å². The quantitative estimate of drug-likeness (QED) is 0.816. The molecule has 4 heteroatoms. The lowest BCUT2D eigenvalue weighted by atomic mass is 10.3. The minimum Gasteiger partial charge on any atom is -0.325 e. The molecular weight excluding hydrogens is 253 g/mol. The minimum absolute atomic E-state index is 0.195. The van der Waals surface area contributed by atoms with E-state index in [1.54, 1.807) is 6.92 Å². The topological polar surface area (TPSA) is 29.1 Å². The van der Waals surface area contributed by atoms with Gasteiger partial charge in [-0.25, -0.2) is 0 Å². The van der Waals surface area contributed by atoms with E-state index < -0.39 is 5.38 Å². The van der Waals surface area contributed by atoms with Crippen LogP contribution in [-0.2, 0) is 4.79 Å². The van der Waals surface area contributed by atoms with Gasteiger partial charge >= 0.3 is 0 Å². The maximum Gasteiger partial charge on any atom is 0.242 e. The first kappa shape index (κ1) is 10.5. The van der Waals surface area contributed by atoms with Crippen molar-refractivity contribution in [2.24, 2.45) is 0 Å². The Labute approximate surface area is 90.4 Å². The van der Waals surface area contributed by atoms with Gasteiger partial charge in [0.1, 0.15) is 5.38 Å². The van der Waals surface area contributed by atoms with Gasteiger partial charge in [-0.15, -0.1) is 11.6 Å². The molecule has 2 nitrogen and oxygen atoms in total. The highest BCUT2D eigenvalue weighted by molar-refractivity contribution is 9.10. The molecule has 0 aromatic heterocycles. The van der Waals surface area contributed by atoms with Crippen molar-refractivity contribution in [3.63, 3.8) is 0 Å². The number of rotatable bonds is 2. The van der Waals surface area contributed by atoms with Gasteiger partial charge in [0, 0.05) is 10.2 Å². The van der Waals surface area contributed by atoms with E-state index in [0.717, 1.165) is 10.2 Å². The number of alkyl halides is 1. The van der Waals surface area contributed by atoms with Crippen LogP contribution >= 0.6 is 27.5 Å². The van der Waals surface area contributed by atoms with Crippen LogP contribution in [0.5, 0.6) is 0 Å². The van der Waals surface area contributed by atoms with Gasteiger partial charge in [-0.1, -0.05) is 22.0 Å². The maximum absolute atomic E-state index is 11.2. The Balaban J connectivity index is 2.69. The average Bonchev–Trinajstić information content (AvgIpc) is 2.04. The van der Waals surface area contributed by atoms with Gasteiger partial charge in [0.05, 0.1) is 0 Å². The van der Waals surface area contributed by atoms with Gasteiger partial charge in [0.25, 0.3) is 0 Å². The van der Waals surface area contributed by atoms with Gasteiger partial charge in [-0.2, -0.15) is 0 Å². The van der Waals surface area contributed by atoms with E-state index in [1.807, 2.05) is 24.3 Å². The average molecular weight is 263 g/mol.